The topological polar surface area (TPSA) is 103 Å². The van der Waals surface area contributed by atoms with E-state index < -0.39 is 11.4 Å². The van der Waals surface area contributed by atoms with Crippen LogP contribution < -0.4 is 5.56 Å². The Hall–Kier alpha value is -2.25. The predicted octanol–water partition coefficient (Wildman–Crippen LogP) is 0.0259. The molecule has 0 saturated carbocycles. The molecule has 0 aliphatic heterocycles. The first-order valence-corrected chi connectivity index (χ1v) is 5.82. The molecule has 0 saturated heterocycles. The second kappa shape index (κ2) is 4.45. The molecule has 8 heteroatoms. The zero-order valence-corrected chi connectivity index (χ0v) is 11.0. The van der Waals surface area contributed by atoms with Crippen LogP contribution in [-0.2, 0) is 18.4 Å². The lowest BCUT2D eigenvalue weighted by Crippen LogP contribution is -2.30. The summed E-state index contributed by atoms with van der Waals surface area (Å²) in [4.78, 5) is 23.1. The first kappa shape index (κ1) is 13.2. The van der Waals surface area contributed by atoms with Crippen molar-refractivity contribution in [3.8, 4) is 0 Å². The predicted molar refractivity (Wildman–Crippen MR) is 66.6 cm³/mol. The van der Waals surface area contributed by atoms with E-state index >= 15 is 0 Å². The van der Waals surface area contributed by atoms with Gasteiger partial charge in [0.15, 0.2) is 5.65 Å². The summed E-state index contributed by atoms with van der Waals surface area (Å²) < 4.78 is 2.64. The van der Waals surface area contributed by atoms with Crippen molar-refractivity contribution in [2.24, 2.45) is 12.5 Å². The molecule has 0 aliphatic rings. The van der Waals surface area contributed by atoms with Crippen LogP contribution in [0.15, 0.2) is 11.0 Å². The lowest BCUT2D eigenvalue weighted by Gasteiger charge is -2.18. The van der Waals surface area contributed by atoms with Crippen molar-refractivity contribution >= 4 is 17.0 Å². The Kier molecular flexibility index (Phi) is 3.09. The highest BCUT2D eigenvalue weighted by atomic mass is 16.4. The first-order chi connectivity index (χ1) is 8.83. The summed E-state index contributed by atoms with van der Waals surface area (Å²) in [7, 11) is 1.67. The van der Waals surface area contributed by atoms with Crippen LogP contribution in [0.25, 0.3) is 11.0 Å². The monoisotopic (exact) mass is 265 g/mol. The van der Waals surface area contributed by atoms with E-state index in [9.17, 15) is 9.59 Å². The van der Waals surface area contributed by atoms with E-state index in [-0.39, 0.29) is 12.1 Å². The molecule has 2 aromatic rings. The van der Waals surface area contributed by atoms with Gasteiger partial charge >= 0.3 is 5.97 Å². The van der Waals surface area contributed by atoms with Crippen molar-refractivity contribution in [3.63, 3.8) is 0 Å². The molecule has 0 unspecified atom stereocenters. The van der Waals surface area contributed by atoms with Crippen LogP contribution in [0, 0.1) is 5.41 Å². The standard InChI is InChI=1S/C11H15N5O3/c1-11(2,10(18)19)4-5-16-9(17)7-6-12-15(3)8(7)13-14-16/h6H,4-5H2,1-3H3,(H,18,19). The molecule has 2 aromatic heterocycles. The second-order valence-electron chi connectivity index (χ2n) is 5.06. The summed E-state index contributed by atoms with van der Waals surface area (Å²) in [5.41, 5.74) is -0.802. The second-order valence-corrected chi connectivity index (χ2v) is 5.06. The molecule has 0 aromatic carbocycles. The number of rotatable bonds is 4. The third-order valence-electron chi connectivity index (χ3n) is 3.15. The van der Waals surface area contributed by atoms with Crippen molar-refractivity contribution in [2.45, 2.75) is 26.8 Å². The molecule has 0 amide bonds. The number of hydrogen-bond donors (Lipinski definition) is 1. The lowest BCUT2D eigenvalue weighted by molar-refractivity contribution is -0.147. The van der Waals surface area contributed by atoms with E-state index in [1.165, 1.54) is 15.6 Å². The lowest BCUT2D eigenvalue weighted by atomic mass is 9.90. The maximum Gasteiger partial charge on any atom is 0.309 e. The number of aryl methyl sites for hydroxylation is 2. The number of hydrogen-bond acceptors (Lipinski definition) is 5. The van der Waals surface area contributed by atoms with Gasteiger partial charge in [-0.05, 0) is 20.3 Å². The van der Waals surface area contributed by atoms with Crippen molar-refractivity contribution < 1.29 is 9.90 Å². The van der Waals surface area contributed by atoms with Gasteiger partial charge in [0.2, 0.25) is 0 Å². The highest BCUT2D eigenvalue weighted by Crippen LogP contribution is 2.20. The molecule has 0 spiro atoms. The Morgan fingerprint density at radius 2 is 2.16 bits per heavy atom. The number of carboxylic acid groups (broad SMARTS) is 1. The van der Waals surface area contributed by atoms with Gasteiger partial charge in [0.25, 0.3) is 5.56 Å². The minimum absolute atomic E-state index is 0.204. The van der Waals surface area contributed by atoms with Gasteiger partial charge < -0.3 is 5.11 Å². The molecule has 19 heavy (non-hydrogen) atoms. The van der Waals surface area contributed by atoms with Crippen LogP contribution in [0.3, 0.4) is 0 Å². The molecule has 0 fully saturated rings. The smallest absolute Gasteiger partial charge is 0.309 e. The zero-order valence-electron chi connectivity index (χ0n) is 11.0. The summed E-state index contributed by atoms with van der Waals surface area (Å²) in [6.07, 6.45) is 1.73. The van der Waals surface area contributed by atoms with Crippen LogP contribution in [-0.4, -0.2) is 35.9 Å². The Bertz CT molecular complexity index is 685. The number of aliphatic carboxylic acids is 1. The molecule has 2 heterocycles. The summed E-state index contributed by atoms with van der Waals surface area (Å²) >= 11 is 0. The fourth-order valence-electron chi connectivity index (χ4n) is 1.62. The van der Waals surface area contributed by atoms with Crippen molar-refractivity contribution in [1.82, 2.24) is 24.8 Å². The minimum Gasteiger partial charge on any atom is -0.481 e. The van der Waals surface area contributed by atoms with E-state index in [4.69, 9.17) is 5.11 Å². The first-order valence-electron chi connectivity index (χ1n) is 5.82. The van der Waals surface area contributed by atoms with E-state index in [1.807, 2.05) is 0 Å². The Morgan fingerprint density at radius 1 is 1.47 bits per heavy atom. The maximum absolute atomic E-state index is 12.1. The fourth-order valence-corrected chi connectivity index (χ4v) is 1.62. The van der Waals surface area contributed by atoms with Crippen molar-refractivity contribution in [2.75, 3.05) is 0 Å². The Balaban J connectivity index is 2.30. The van der Waals surface area contributed by atoms with E-state index in [2.05, 4.69) is 15.4 Å². The van der Waals surface area contributed by atoms with Gasteiger partial charge in [-0.2, -0.15) is 5.10 Å². The number of carbonyl (C=O) groups is 1. The van der Waals surface area contributed by atoms with Gasteiger partial charge in [0, 0.05) is 13.6 Å². The summed E-state index contributed by atoms with van der Waals surface area (Å²) in [5.74, 6) is -0.907. The normalized spacial score (nSPS) is 11.9. The summed E-state index contributed by atoms with van der Waals surface area (Å²) in [5, 5.41) is 21.1. The maximum atomic E-state index is 12.1. The Labute approximate surface area is 108 Å². The average molecular weight is 265 g/mol. The number of nitrogens with zero attached hydrogens (tertiary/aromatic N) is 5. The van der Waals surface area contributed by atoms with E-state index in [0.717, 1.165) is 0 Å². The van der Waals surface area contributed by atoms with Gasteiger partial charge in [-0.3, -0.25) is 9.59 Å². The number of aromatic nitrogens is 5. The highest BCUT2D eigenvalue weighted by Gasteiger charge is 2.27. The molecule has 0 radical (unpaired) electrons. The van der Waals surface area contributed by atoms with E-state index in [1.54, 1.807) is 20.9 Å². The largest absolute Gasteiger partial charge is 0.481 e. The summed E-state index contributed by atoms with van der Waals surface area (Å²) in [6.45, 7) is 3.42. The molecular formula is C11H15N5O3. The van der Waals surface area contributed by atoms with Gasteiger partial charge in [-0.25, -0.2) is 9.36 Å². The number of fused-ring (bicyclic) bond motifs is 1. The Morgan fingerprint density at radius 3 is 2.79 bits per heavy atom. The third kappa shape index (κ3) is 2.33. The van der Waals surface area contributed by atoms with Crippen LogP contribution in [0.2, 0.25) is 0 Å². The molecule has 1 N–H and O–H groups in total. The van der Waals surface area contributed by atoms with Crippen LogP contribution in [0.5, 0.6) is 0 Å². The molecule has 2 rings (SSSR count). The van der Waals surface area contributed by atoms with Gasteiger partial charge in [0.1, 0.15) is 5.39 Å². The molecule has 8 nitrogen and oxygen atoms in total. The zero-order chi connectivity index (χ0) is 14.2. The quantitative estimate of drug-likeness (QED) is 0.836. The molecule has 0 aliphatic carbocycles. The third-order valence-corrected chi connectivity index (χ3v) is 3.15. The molecule has 0 atom stereocenters. The molecule has 0 bridgehead atoms. The minimum atomic E-state index is -0.912. The fraction of sp³-hybridized carbons (Fsp3) is 0.545. The van der Waals surface area contributed by atoms with Gasteiger partial charge in [0.05, 0.1) is 11.6 Å². The molecule has 102 valence electrons. The van der Waals surface area contributed by atoms with Gasteiger partial charge in [-0.1, -0.05) is 5.21 Å². The summed E-state index contributed by atoms with van der Waals surface area (Å²) in [6, 6.07) is 0. The van der Waals surface area contributed by atoms with Gasteiger partial charge in [-0.15, -0.1) is 5.10 Å². The van der Waals surface area contributed by atoms with Crippen molar-refractivity contribution in [1.29, 1.82) is 0 Å². The van der Waals surface area contributed by atoms with Crippen LogP contribution >= 0.6 is 0 Å². The number of carboxylic acids is 1. The molecular weight excluding hydrogens is 250 g/mol. The highest BCUT2D eigenvalue weighted by molar-refractivity contribution is 5.73. The van der Waals surface area contributed by atoms with E-state index in [0.29, 0.717) is 17.5 Å². The SMILES string of the molecule is Cn1ncc2c(=O)n(CCC(C)(C)C(=O)O)nnc21. The van der Waals surface area contributed by atoms with Crippen LogP contribution in [0.1, 0.15) is 20.3 Å². The van der Waals surface area contributed by atoms with Crippen molar-refractivity contribution in [3.05, 3.63) is 16.6 Å². The average Bonchev–Trinajstić information content (AvgIpc) is 2.71. The van der Waals surface area contributed by atoms with Crippen LogP contribution in [0.4, 0.5) is 0 Å².